The zero-order valence-corrected chi connectivity index (χ0v) is 12.1. The molecule has 0 N–H and O–H groups in total. The zero-order chi connectivity index (χ0) is 15.1. The van der Waals surface area contributed by atoms with Crippen LogP contribution in [0.5, 0.6) is 11.5 Å². The maximum atomic E-state index is 13.1. The highest BCUT2D eigenvalue weighted by Crippen LogP contribution is 2.43. The lowest BCUT2D eigenvalue weighted by molar-refractivity contribution is -0.287. The van der Waals surface area contributed by atoms with E-state index in [0.29, 0.717) is 5.56 Å². The summed E-state index contributed by atoms with van der Waals surface area (Å²) in [5.41, 5.74) is 0.332. The zero-order valence-electron chi connectivity index (χ0n) is 11.3. The molecule has 1 heterocycles. The highest BCUT2D eigenvalue weighted by Gasteiger charge is 2.44. The molecule has 1 aliphatic rings. The van der Waals surface area contributed by atoms with Gasteiger partial charge in [0.2, 0.25) is 10.0 Å². The van der Waals surface area contributed by atoms with Crippen LogP contribution in [0.4, 0.5) is 8.78 Å². The van der Waals surface area contributed by atoms with Gasteiger partial charge in [-0.1, -0.05) is 12.1 Å². The number of hydrogen-bond acceptors (Lipinski definition) is 4. The summed E-state index contributed by atoms with van der Waals surface area (Å²) in [4.78, 5) is 0. The Balaban J connectivity index is 2.35. The van der Waals surface area contributed by atoms with Crippen LogP contribution in [0.3, 0.4) is 0 Å². The van der Waals surface area contributed by atoms with Gasteiger partial charge in [-0.2, -0.15) is 4.31 Å². The molecule has 0 saturated carbocycles. The van der Waals surface area contributed by atoms with E-state index in [1.807, 2.05) is 0 Å². The fourth-order valence-electron chi connectivity index (χ4n) is 2.00. The van der Waals surface area contributed by atoms with Gasteiger partial charge in [0.25, 0.3) is 0 Å². The molecule has 2 rings (SSSR count). The summed E-state index contributed by atoms with van der Waals surface area (Å²) in [6.45, 7) is 3.35. The monoisotopic (exact) mass is 307 g/mol. The molecule has 0 amide bonds. The molecule has 8 heteroatoms. The number of sulfonamides is 1. The number of benzene rings is 1. The number of hydrogen-bond donors (Lipinski definition) is 0. The quantitative estimate of drug-likeness (QED) is 0.855. The second kappa shape index (κ2) is 4.85. The van der Waals surface area contributed by atoms with Gasteiger partial charge in [0.1, 0.15) is 0 Å². The standard InChI is InChI=1S/C12H15F2NO4S/c1-8(2)15(20(3,16)17)7-9-5-4-6-10-11(9)19-12(13,14)18-10/h4-6,8H,7H2,1-3H3. The van der Waals surface area contributed by atoms with Gasteiger partial charge in [-0.3, -0.25) is 0 Å². The summed E-state index contributed by atoms with van der Waals surface area (Å²) in [5.74, 6) is -0.212. The predicted molar refractivity (Wildman–Crippen MR) is 68.2 cm³/mol. The van der Waals surface area contributed by atoms with Crippen LogP contribution in [-0.2, 0) is 16.6 Å². The van der Waals surface area contributed by atoms with Crippen molar-refractivity contribution in [3.8, 4) is 11.5 Å². The van der Waals surface area contributed by atoms with Crippen LogP contribution >= 0.6 is 0 Å². The number of alkyl halides is 2. The molecule has 1 aromatic rings. The van der Waals surface area contributed by atoms with E-state index >= 15 is 0 Å². The average Bonchev–Trinajstić information content (AvgIpc) is 2.58. The Labute approximate surface area is 116 Å². The van der Waals surface area contributed by atoms with E-state index in [0.717, 1.165) is 6.26 Å². The summed E-state index contributed by atoms with van der Waals surface area (Å²) in [5, 5.41) is 0. The van der Waals surface area contributed by atoms with Crippen molar-refractivity contribution in [3.63, 3.8) is 0 Å². The first-order valence-corrected chi connectivity index (χ1v) is 7.79. The summed E-state index contributed by atoms with van der Waals surface area (Å²) < 4.78 is 59.5. The topological polar surface area (TPSA) is 55.8 Å². The third kappa shape index (κ3) is 3.01. The molecule has 1 aliphatic heterocycles. The van der Waals surface area contributed by atoms with Crippen molar-refractivity contribution >= 4 is 10.0 Å². The van der Waals surface area contributed by atoms with Gasteiger partial charge >= 0.3 is 6.29 Å². The smallest absolute Gasteiger partial charge is 0.395 e. The Morgan fingerprint density at radius 1 is 1.30 bits per heavy atom. The fraction of sp³-hybridized carbons (Fsp3) is 0.500. The van der Waals surface area contributed by atoms with Crippen LogP contribution in [0.1, 0.15) is 19.4 Å². The minimum atomic E-state index is -3.72. The lowest BCUT2D eigenvalue weighted by Gasteiger charge is -2.24. The van der Waals surface area contributed by atoms with Gasteiger partial charge in [0.15, 0.2) is 11.5 Å². The summed E-state index contributed by atoms with van der Waals surface area (Å²) >= 11 is 0. The predicted octanol–water partition coefficient (Wildman–Crippen LogP) is 2.18. The molecule has 0 atom stereocenters. The van der Waals surface area contributed by atoms with Crippen molar-refractivity contribution in [2.45, 2.75) is 32.7 Å². The van der Waals surface area contributed by atoms with E-state index in [-0.39, 0.29) is 24.1 Å². The largest absolute Gasteiger partial charge is 0.586 e. The van der Waals surface area contributed by atoms with Crippen LogP contribution in [0.15, 0.2) is 18.2 Å². The molecule has 0 aliphatic carbocycles. The van der Waals surface area contributed by atoms with Crippen molar-refractivity contribution in [1.29, 1.82) is 0 Å². The highest BCUT2D eigenvalue weighted by atomic mass is 32.2. The van der Waals surface area contributed by atoms with E-state index in [4.69, 9.17) is 0 Å². The van der Waals surface area contributed by atoms with Crippen molar-refractivity contribution in [2.75, 3.05) is 6.26 Å². The molecule has 0 aromatic heterocycles. The molecule has 20 heavy (non-hydrogen) atoms. The normalized spacial score (nSPS) is 16.9. The molecule has 0 radical (unpaired) electrons. The van der Waals surface area contributed by atoms with Crippen molar-refractivity contribution in [3.05, 3.63) is 23.8 Å². The van der Waals surface area contributed by atoms with Gasteiger partial charge in [0, 0.05) is 18.2 Å². The SMILES string of the molecule is CC(C)N(Cc1cccc2c1OC(F)(F)O2)S(C)(=O)=O. The number of halogens is 2. The second-order valence-electron chi connectivity index (χ2n) is 4.81. The molecular formula is C12H15F2NO4S. The van der Waals surface area contributed by atoms with Gasteiger partial charge in [-0.05, 0) is 19.9 Å². The first-order valence-electron chi connectivity index (χ1n) is 5.95. The van der Waals surface area contributed by atoms with Crippen LogP contribution in [0, 0.1) is 0 Å². The lowest BCUT2D eigenvalue weighted by Crippen LogP contribution is -2.35. The van der Waals surface area contributed by atoms with Crippen LogP contribution in [-0.4, -0.2) is 31.3 Å². The number of rotatable bonds is 4. The molecule has 5 nitrogen and oxygen atoms in total. The van der Waals surface area contributed by atoms with Crippen molar-refractivity contribution in [2.24, 2.45) is 0 Å². The second-order valence-corrected chi connectivity index (χ2v) is 6.75. The van der Waals surface area contributed by atoms with Crippen molar-refractivity contribution in [1.82, 2.24) is 4.31 Å². The third-order valence-corrected chi connectivity index (χ3v) is 4.24. The Bertz CT molecular complexity index is 616. The first kappa shape index (κ1) is 15.0. The van der Waals surface area contributed by atoms with Crippen LogP contribution in [0.25, 0.3) is 0 Å². The Hall–Kier alpha value is -1.41. The Morgan fingerprint density at radius 3 is 2.50 bits per heavy atom. The van der Waals surface area contributed by atoms with Crippen molar-refractivity contribution < 1.29 is 26.7 Å². The number of nitrogens with zero attached hydrogens (tertiary/aromatic N) is 1. The van der Waals surface area contributed by atoms with E-state index in [1.165, 1.54) is 22.5 Å². The number of fused-ring (bicyclic) bond motifs is 1. The lowest BCUT2D eigenvalue weighted by atomic mass is 10.2. The van der Waals surface area contributed by atoms with Crippen LogP contribution < -0.4 is 9.47 Å². The summed E-state index contributed by atoms with van der Waals surface area (Å²) in [7, 11) is -3.46. The molecule has 0 fully saturated rings. The molecular weight excluding hydrogens is 292 g/mol. The first-order chi connectivity index (χ1) is 9.10. The third-order valence-electron chi connectivity index (χ3n) is 2.84. The van der Waals surface area contributed by atoms with E-state index in [1.54, 1.807) is 13.8 Å². The van der Waals surface area contributed by atoms with Gasteiger partial charge in [-0.25, -0.2) is 8.42 Å². The highest BCUT2D eigenvalue weighted by molar-refractivity contribution is 7.88. The molecule has 0 saturated heterocycles. The number of ether oxygens (including phenoxy) is 2. The maximum Gasteiger partial charge on any atom is 0.586 e. The van der Waals surface area contributed by atoms with E-state index < -0.39 is 16.3 Å². The van der Waals surface area contributed by atoms with E-state index in [2.05, 4.69) is 9.47 Å². The maximum absolute atomic E-state index is 13.1. The van der Waals surface area contributed by atoms with Gasteiger partial charge < -0.3 is 9.47 Å². The van der Waals surface area contributed by atoms with E-state index in [9.17, 15) is 17.2 Å². The van der Waals surface area contributed by atoms with Crippen LogP contribution in [0.2, 0.25) is 0 Å². The minimum Gasteiger partial charge on any atom is -0.395 e. The Morgan fingerprint density at radius 2 is 1.95 bits per heavy atom. The average molecular weight is 307 g/mol. The minimum absolute atomic E-state index is 0.0564. The molecule has 0 unspecified atom stereocenters. The van der Waals surface area contributed by atoms with Gasteiger partial charge in [-0.15, -0.1) is 8.78 Å². The number of para-hydroxylation sites is 1. The fourth-order valence-corrected chi connectivity index (χ4v) is 3.14. The Kier molecular flexibility index (Phi) is 3.64. The molecule has 0 spiro atoms. The molecule has 112 valence electrons. The summed E-state index contributed by atoms with van der Waals surface area (Å²) in [6.07, 6.45) is -2.64. The van der Waals surface area contributed by atoms with Gasteiger partial charge in [0.05, 0.1) is 6.26 Å². The molecule has 1 aromatic carbocycles. The molecule has 0 bridgehead atoms. The summed E-state index contributed by atoms with van der Waals surface area (Å²) in [6, 6.07) is 4.09.